The SMILES string of the molecule is C[C@@H](NC(=O)OC(C)(C)C)c1nnnn1-c1ccccc1. The summed E-state index contributed by atoms with van der Waals surface area (Å²) in [6.45, 7) is 7.23. The summed E-state index contributed by atoms with van der Waals surface area (Å²) in [4.78, 5) is 11.8. The first-order valence-electron chi connectivity index (χ1n) is 6.70. The van der Waals surface area contributed by atoms with Gasteiger partial charge in [-0.05, 0) is 50.3 Å². The molecule has 0 unspecified atom stereocenters. The topological polar surface area (TPSA) is 81.9 Å². The Morgan fingerprint density at radius 3 is 2.57 bits per heavy atom. The number of amides is 1. The Kier molecular flexibility index (Phi) is 4.21. The highest BCUT2D eigenvalue weighted by Crippen LogP contribution is 2.14. The highest BCUT2D eigenvalue weighted by atomic mass is 16.6. The first-order valence-corrected chi connectivity index (χ1v) is 6.70. The van der Waals surface area contributed by atoms with Crippen molar-refractivity contribution in [2.24, 2.45) is 0 Å². The number of carbonyl (C=O) groups excluding carboxylic acids is 1. The Bertz CT molecular complexity index is 603. The van der Waals surface area contributed by atoms with Crippen LogP contribution in [0.5, 0.6) is 0 Å². The fourth-order valence-corrected chi connectivity index (χ4v) is 1.77. The first kappa shape index (κ1) is 15.0. The molecule has 2 aromatic rings. The van der Waals surface area contributed by atoms with Crippen LogP contribution >= 0.6 is 0 Å². The second-order valence-electron chi connectivity index (χ2n) is 5.65. The Balaban J connectivity index is 2.13. The van der Waals surface area contributed by atoms with Crippen molar-refractivity contribution in [1.29, 1.82) is 0 Å². The average molecular weight is 289 g/mol. The summed E-state index contributed by atoms with van der Waals surface area (Å²) < 4.78 is 6.81. The van der Waals surface area contributed by atoms with Gasteiger partial charge in [0, 0.05) is 0 Å². The van der Waals surface area contributed by atoms with E-state index in [9.17, 15) is 4.79 Å². The molecule has 1 aromatic carbocycles. The molecular formula is C14H19N5O2. The molecule has 2 rings (SSSR count). The third-order valence-electron chi connectivity index (χ3n) is 2.61. The summed E-state index contributed by atoms with van der Waals surface area (Å²) in [6, 6.07) is 9.10. The van der Waals surface area contributed by atoms with Crippen LogP contribution in [-0.2, 0) is 4.74 Å². The second-order valence-corrected chi connectivity index (χ2v) is 5.65. The summed E-state index contributed by atoms with van der Waals surface area (Å²) in [5.41, 5.74) is 0.283. The fraction of sp³-hybridized carbons (Fsp3) is 0.429. The van der Waals surface area contributed by atoms with Crippen LogP contribution in [0.25, 0.3) is 5.69 Å². The van der Waals surface area contributed by atoms with Gasteiger partial charge in [-0.2, -0.15) is 4.68 Å². The lowest BCUT2D eigenvalue weighted by Crippen LogP contribution is -2.34. The summed E-state index contributed by atoms with van der Waals surface area (Å²) in [7, 11) is 0. The Morgan fingerprint density at radius 2 is 1.95 bits per heavy atom. The van der Waals surface area contributed by atoms with E-state index in [4.69, 9.17) is 4.74 Å². The smallest absolute Gasteiger partial charge is 0.408 e. The molecule has 7 heteroatoms. The number of nitrogens with one attached hydrogen (secondary N) is 1. The van der Waals surface area contributed by atoms with Crippen molar-refractivity contribution in [2.75, 3.05) is 0 Å². The zero-order valence-corrected chi connectivity index (χ0v) is 12.6. The number of hydrogen-bond acceptors (Lipinski definition) is 5. The van der Waals surface area contributed by atoms with E-state index in [0.717, 1.165) is 5.69 Å². The van der Waals surface area contributed by atoms with Crippen LogP contribution in [0.4, 0.5) is 4.79 Å². The molecule has 0 spiro atoms. The lowest BCUT2D eigenvalue weighted by atomic mass is 10.2. The molecule has 1 amide bonds. The largest absolute Gasteiger partial charge is 0.444 e. The van der Waals surface area contributed by atoms with Gasteiger partial charge in [0.1, 0.15) is 5.60 Å². The summed E-state index contributed by atoms with van der Waals surface area (Å²) in [5, 5.41) is 14.3. The van der Waals surface area contributed by atoms with E-state index in [1.54, 1.807) is 11.6 Å². The maximum atomic E-state index is 11.8. The van der Waals surface area contributed by atoms with E-state index in [1.807, 2.05) is 51.1 Å². The molecule has 0 aliphatic rings. The summed E-state index contributed by atoms with van der Waals surface area (Å²) in [6.07, 6.45) is -0.502. The van der Waals surface area contributed by atoms with Crippen molar-refractivity contribution in [3.05, 3.63) is 36.2 Å². The molecule has 0 bridgehead atoms. The predicted octanol–water partition coefficient (Wildman–Crippen LogP) is 2.25. The molecule has 0 aliphatic carbocycles. The van der Waals surface area contributed by atoms with Crippen molar-refractivity contribution >= 4 is 6.09 Å². The molecule has 0 aliphatic heterocycles. The number of benzene rings is 1. The second kappa shape index (κ2) is 5.90. The molecule has 1 N–H and O–H groups in total. The Hall–Kier alpha value is -2.44. The number of tetrazole rings is 1. The van der Waals surface area contributed by atoms with Crippen molar-refractivity contribution in [3.8, 4) is 5.69 Å². The van der Waals surface area contributed by atoms with Gasteiger partial charge in [0.25, 0.3) is 0 Å². The molecule has 0 radical (unpaired) electrons. The number of rotatable bonds is 3. The average Bonchev–Trinajstić information content (AvgIpc) is 2.86. The summed E-state index contributed by atoms with van der Waals surface area (Å²) >= 11 is 0. The van der Waals surface area contributed by atoms with Crippen LogP contribution in [0.1, 0.15) is 39.6 Å². The van der Waals surface area contributed by atoms with Crippen molar-refractivity contribution in [3.63, 3.8) is 0 Å². The standard InChI is InChI=1S/C14H19N5O2/c1-10(15-13(20)21-14(2,3)4)12-16-17-18-19(12)11-8-6-5-7-9-11/h5-10H,1-4H3,(H,15,20)/t10-/m1/s1. The lowest BCUT2D eigenvalue weighted by Gasteiger charge is -2.21. The van der Waals surface area contributed by atoms with Gasteiger partial charge in [-0.15, -0.1) is 5.10 Å². The molecule has 1 heterocycles. The number of carbonyl (C=O) groups is 1. The molecule has 1 atom stereocenters. The van der Waals surface area contributed by atoms with E-state index in [1.165, 1.54) is 0 Å². The minimum Gasteiger partial charge on any atom is -0.444 e. The molecule has 0 fully saturated rings. The van der Waals surface area contributed by atoms with Crippen LogP contribution in [0.3, 0.4) is 0 Å². The van der Waals surface area contributed by atoms with Crippen molar-refractivity contribution in [2.45, 2.75) is 39.3 Å². The lowest BCUT2D eigenvalue weighted by molar-refractivity contribution is 0.0505. The van der Waals surface area contributed by atoms with Gasteiger partial charge < -0.3 is 10.1 Å². The van der Waals surface area contributed by atoms with Crippen LogP contribution in [0.15, 0.2) is 30.3 Å². The van der Waals surface area contributed by atoms with Crippen LogP contribution < -0.4 is 5.32 Å². The molecular weight excluding hydrogens is 270 g/mol. The Morgan fingerprint density at radius 1 is 1.29 bits per heavy atom. The normalized spacial score (nSPS) is 12.8. The molecule has 21 heavy (non-hydrogen) atoms. The minimum atomic E-state index is -0.546. The van der Waals surface area contributed by atoms with Crippen LogP contribution in [0, 0.1) is 0 Å². The molecule has 0 saturated heterocycles. The third-order valence-corrected chi connectivity index (χ3v) is 2.61. The maximum Gasteiger partial charge on any atom is 0.408 e. The zero-order chi connectivity index (χ0) is 15.5. The van der Waals surface area contributed by atoms with Crippen LogP contribution in [0.2, 0.25) is 0 Å². The van der Waals surface area contributed by atoms with E-state index in [-0.39, 0.29) is 6.04 Å². The maximum absolute atomic E-state index is 11.8. The molecule has 1 aromatic heterocycles. The van der Waals surface area contributed by atoms with E-state index >= 15 is 0 Å². The highest BCUT2D eigenvalue weighted by molar-refractivity contribution is 5.68. The number of hydrogen-bond donors (Lipinski definition) is 1. The van der Waals surface area contributed by atoms with Crippen LogP contribution in [-0.4, -0.2) is 31.9 Å². The molecule has 112 valence electrons. The highest BCUT2D eigenvalue weighted by Gasteiger charge is 2.21. The quantitative estimate of drug-likeness (QED) is 0.937. The number of aromatic nitrogens is 4. The number of alkyl carbamates (subject to hydrolysis) is 1. The molecule has 0 saturated carbocycles. The van der Waals surface area contributed by atoms with E-state index in [2.05, 4.69) is 20.8 Å². The van der Waals surface area contributed by atoms with Gasteiger partial charge in [-0.1, -0.05) is 18.2 Å². The van der Waals surface area contributed by atoms with Gasteiger partial charge in [0.2, 0.25) is 0 Å². The number of ether oxygens (including phenoxy) is 1. The number of para-hydroxylation sites is 1. The zero-order valence-electron chi connectivity index (χ0n) is 12.6. The Labute approximate surface area is 123 Å². The molecule has 7 nitrogen and oxygen atoms in total. The van der Waals surface area contributed by atoms with Gasteiger partial charge in [-0.25, -0.2) is 4.79 Å². The number of nitrogens with zero attached hydrogens (tertiary/aromatic N) is 4. The summed E-state index contributed by atoms with van der Waals surface area (Å²) in [5.74, 6) is 0.534. The predicted molar refractivity (Wildman–Crippen MR) is 76.9 cm³/mol. The fourth-order valence-electron chi connectivity index (χ4n) is 1.77. The van der Waals surface area contributed by atoms with Gasteiger partial charge in [0.15, 0.2) is 5.82 Å². The third kappa shape index (κ3) is 4.01. The first-order chi connectivity index (χ1) is 9.87. The minimum absolute atomic E-state index is 0.380. The monoisotopic (exact) mass is 289 g/mol. The van der Waals surface area contributed by atoms with E-state index in [0.29, 0.717) is 5.82 Å². The van der Waals surface area contributed by atoms with Gasteiger partial charge >= 0.3 is 6.09 Å². The van der Waals surface area contributed by atoms with Crippen molar-refractivity contribution < 1.29 is 9.53 Å². The van der Waals surface area contributed by atoms with Crippen molar-refractivity contribution in [1.82, 2.24) is 25.5 Å². The van der Waals surface area contributed by atoms with Gasteiger partial charge in [0.05, 0.1) is 11.7 Å². The van der Waals surface area contributed by atoms with Gasteiger partial charge in [-0.3, -0.25) is 0 Å². The van der Waals surface area contributed by atoms with E-state index < -0.39 is 11.7 Å².